The summed E-state index contributed by atoms with van der Waals surface area (Å²) in [5.74, 6) is 0.537. The molecule has 2 aromatic carbocycles. The summed E-state index contributed by atoms with van der Waals surface area (Å²) in [4.78, 5) is 17.2. The highest BCUT2D eigenvalue weighted by Crippen LogP contribution is 2.65. The monoisotopic (exact) mass is 446 g/mol. The van der Waals surface area contributed by atoms with Crippen molar-refractivity contribution in [2.45, 2.75) is 54.9 Å². The number of nitrogens with zero attached hydrogens (tertiary/aromatic N) is 2. The van der Waals surface area contributed by atoms with Crippen LogP contribution < -0.4 is 4.74 Å². The van der Waals surface area contributed by atoms with Gasteiger partial charge in [0.25, 0.3) is 0 Å². The number of aliphatic hydroxyl groups is 1. The van der Waals surface area contributed by atoms with Gasteiger partial charge in [-0.2, -0.15) is 0 Å². The second-order valence-corrected chi connectivity index (χ2v) is 10.1. The van der Waals surface area contributed by atoms with Gasteiger partial charge < -0.3 is 24.7 Å². The van der Waals surface area contributed by atoms with E-state index in [0.29, 0.717) is 18.6 Å². The van der Waals surface area contributed by atoms with E-state index in [-0.39, 0.29) is 23.7 Å². The molecule has 6 rings (SSSR count). The van der Waals surface area contributed by atoms with Gasteiger partial charge in [-0.3, -0.25) is 4.79 Å². The van der Waals surface area contributed by atoms with Crippen molar-refractivity contribution >= 4 is 12.0 Å². The molecule has 4 aliphatic rings. The van der Waals surface area contributed by atoms with Crippen molar-refractivity contribution in [2.75, 3.05) is 20.6 Å². The Hall–Kier alpha value is -2.83. The third kappa shape index (κ3) is 2.65. The zero-order valence-corrected chi connectivity index (χ0v) is 19.1. The largest absolute Gasteiger partial charge is 0.504 e. The van der Waals surface area contributed by atoms with Crippen molar-refractivity contribution in [3.05, 3.63) is 65.2 Å². The lowest BCUT2D eigenvalue weighted by Gasteiger charge is -2.64. The number of likely N-dealkylation sites (N-methyl/N-ethyl adjacent to an activating group) is 2. The van der Waals surface area contributed by atoms with Gasteiger partial charge in [0.15, 0.2) is 11.5 Å². The van der Waals surface area contributed by atoms with Crippen molar-refractivity contribution in [3.63, 3.8) is 0 Å². The maximum Gasteiger partial charge on any atom is 0.246 e. The molecular weight excluding hydrogens is 416 g/mol. The highest BCUT2D eigenvalue weighted by Gasteiger charge is 2.73. The van der Waals surface area contributed by atoms with Crippen molar-refractivity contribution < 1.29 is 19.7 Å². The number of aromatic hydroxyl groups is 1. The lowest BCUT2D eigenvalue weighted by molar-refractivity contribution is -0.195. The normalized spacial score (nSPS) is 34.1. The molecule has 2 aromatic rings. The predicted octanol–water partition coefficient (Wildman–Crippen LogP) is 2.72. The van der Waals surface area contributed by atoms with Crippen LogP contribution in [-0.2, 0) is 16.6 Å². The Bertz CT molecular complexity index is 1150. The minimum Gasteiger partial charge on any atom is -0.504 e. The molecule has 5 atom stereocenters. The van der Waals surface area contributed by atoms with Crippen LogP contribution in [0.4, 0.5) is 0 Å². The number of hydrogen-bond acceptors (Lipinski definition) is 5. The number of likely N-dealkylation sites (tertiary alicyclic amines) is 1. The topological polar surface area (TPSA) is 73.2 Å². The molecule has 1 saturated heterocycles. The van der Waals surface area contributed by atoms with E-state index in [1.54, 1.807) is 17.0 Å². The molecule has 0 radical (unpaired) electrons. The van der Waals surface area contributed by atoms with Gasteiger partial charge in [-0.1, -0.05) is 36.4 Å². The van der Waals surface area contributed by atoms with Gasteiger partial charge >= 0.3 is 0 Å². The second-order valence-electron chi connectivity index (χ2n) is 10.1. The summed E-state index contributed by atoms with van der Waals surface area (Å²) >= 11 is 0. The summed E-state index contributed by atoms with van der Waals surface area (Å²) in [6.45, 7) is 0.847. The molecule has 2 unspecified atom stereocenters. The number of rotatable bonds is 3. The third-order valence-corrected chi connectivity index (χ3v) is 8.76. The van der Waals surface area contributed by atoms with E-state index in [4.69, 9.17) is 4.74 Å². The van der Waals surface area contributed by atoms with E-state index in [9.17, 15) is 15.0 Å². The third-order valence-electron chi connectivity index (χ3n) is 8.76. The standard InChI is InChI=1S/C27H30N2O4/c1-28-15-14-26-23-18-9-10-20(30)24(23)33-25(26)19(12-13-27(26,32)21(28)16-18)29(2)22(31)11-8-17-6-4-3-5-7-17/h3-11,19,21,25,30,32H,12-16H2,1-2H3/b11-8+/t19?,21-,25?,26+,27-/m1/s1. The number of carbonyl (C=O) groups is 1. The summed E-state index contributed by atoms with van der Waals surface area (Å²) in [6.07, 6.45) is 5.78. The van der Waals surface area contributed by atoms with Gasteiger partial charge in [0, 0.05) is 24.7 Å². The van der Waals surface area contributed by atoms with E-state index in [1.165, 1.54) is 0 Å². The van der Waals surface area contributed by atoms with E-state index >= 15 is 0 Å². The number of amides is 1. The quantitative estimate of drug-likeness (QED) is 0.710. The SMILES string of the molecule is CN(C(=O)/C=C/c1ccccc1)C1CC[C@@]2(O)[C@H]3Cc4ccc(O)c5c4[C@@]2(CCN3C)C1O5. The number of benzene rings is 2. The Balaban J connectivity index is 1.40. The first-order chi connectivity index (χ1) is 15.9. The average Bonchev–Trinajstić information content (AvgIpc) is 3.17. The fourth-order valence-corrected chi connectivity index (χ4v) is 7.14. The number of ether oxygens (including phenoxy) is 1. The molecule has 2 bridgehead atoms. The number of phenolic OH excluding ortho intramolecular Hbond substituents is 1. The summed E-state index contributed by atoms with van der Waals surface area (Å²) in [5.41, 5.74) is 1.53. The second kappa shape index (κ2) is 7.08. The Labute approximate surface area is 194 Å². The molecule has 1 spiro atoms. The average molecular weight is 447 g/mol. The molecule has 172 valence electrons. The van der Waals surface area contributed by atoms with Crippen LogP contribution in [0.2, 0.25) is 0 Å². The molecule has 2 aliphatic carbocycles. The Kier molecular flexibility index (Phi) is 4.45. The summed E-state index contributed by atoms with van der Waals surface area (Å²) in [7, 11) is 3.91. The fourth-order valence-electron chi connectivity index (χ4n) is 7.14. The van der Waals surface area contributed by atoms with Gasteiger partial charge in [-0.05, 0) is 62.5 Å². The highest BCUT2D eigenvalue weighted by molar-refractivity contribution is 5.92. The first-order valence-corrected chi connectivity index (χ1v) is 11.8. The summed E-state index contributed by atoms with van der Waals surface area (Å²) in [6, 6.07) is 13.3. The first kappa shape index (κ1) is 20.8. The number of carbonyl (C=O) groups excluding carboxylic acids is 1. The Morgan fingerprint density at radius 2 is 2.00 bits per heavy atom. The van der Waals surface area contributed by atoms with Crippen molar-refractivity contribution in [3.8, 4) is 11.5 Å². The van der Waals surface area contributed by atoms with Gasteiger partial charge in [-0.15, -0.1) is 0 Å². The van der Waals surface area contributed by atoms with Gasteiger partial charge in [-0.25, -0.2) is 0 Å². The van der Waals surface area contributed by atoms with Crippen LogP contribution >= 0.6 is 0 Å². The molecular formula is C27H30N2O4. The van der Waals surface area contributed by atoms with Crippen LogP contribution in [0.15, 0.2) is 48.5 Å². The van der Waals surface area contributed by atoms with Gasteiger partial charge in [0.1, 0.15) is 6.10 Å². The Morgan fingerprint density at radius 1 is 1.21 bits per heavy atom. The van der Waals surface area contributed by atoms with Crippen LogP contribution in [-0.4, -0.2) is 70.3 Å². The van der Waals surface area contributed by atoms with Crippen molar-refractivity contribution in [1.82, 2.24) is 9.80 Å². The molecule has 1 amide bonds. The molecule has 2 aliphatic heterocycles. The lowest BCUT2D eigenvalue weighted by atomic mass is 9.48. The van der Waals surface area contributed by atoms with E-state index in [0.717, 1.165) is 36.1 Å². The molecule has 6 nitrogen and oxygen atoms in total. The van der Waals surface area contributed by atoms with Crippen LogP contribution in [0.3, 0.4) is 0 Å². The van der Waals surface area contributed by atoms with Crippen LogP contribution in [0.25, 0.3) is 6.08 Å². The van der Waals surface area contributed by atoms with Crippen molar-refractivity contribution in [2.24, 2.45) is 0 Å². The molecule has 2 heterocycles. The molecule has 0 aromatic heterocycles. The maximum absolute atomic E-state index is 13.2. The smallest absolute Gasteiger partial charge is 0.246 e. The number of phenols is 1. The fraction of sp³-hybridized carbons (Fsp3) is 0.444. The molecule has 2 N–H and O–H groups in total. The molecule has 2 fully saturated rings. The minimum absolute atomic E-state index is 0.000256. The van der Waals surface area contributed by atoms with Crippen molar-refractivity contribution in [1.29, 1.82) is 0 Å². The van der Waals surface area contributed by atoms with Gasteiger partial charge in [0.2, 0.25) is 5.91 Å². The zero-order valence-electron chi connectivity index (χ0n) is 19.1. The molecule has 1 saturated carbocycles. The number of hydrogen-bond donors (Lipinski definition) is 2. The highest BCUT2D eigenvalue weighted by atomic mass is 16.5. The van der Waals surface area contributed by atoms with Crippen LogP contribution in [0.5, 0.6) is 11.5 Å². The lowest BCUT2D eigenvalue weighted by Crippen LogP contribution is -2.77. The first-order valence-electron chi connectivity index (χ1n) is 11.8. The van der Waals surface area contributed by atoms with Crippen LogP contribution in [0.1, 0.15) is 36.0 Å². The van der Waals surface area contributed by atoms with E-state index in [1.807, 2.05) is 49.5 Å². The summed E-state index contributed by atoms with van der Waals surface area (Å²) in [5, 5.41) is 22.9. The van der Waals surface area contributed by atoms with Crippen LogP contribution in [0, 0.1) is 0 Å². The zero-order chi connectivity index (χ0) is 23.0. The van der Waals surface area contributed by atoms with Gasteiger partial charge in [0.05, 0.1) is 17.1 Å². The maximum atomic E-state index is 13.2. The van der Waals surface area contributed by atoms with E-state index in [2.05, 4.69) is 11.9 Å². The molecule has 33 heavy (non-hydrogen) atoms. The Morgan fingerprint density at radius 3 is 2.79 bits per heavy atom. The number of piperidine rings is 1. The van der Waals surface area contributed by atoms with E-state index < -0.39 is 17.1 Å². The minimum atomic E-state index is -0.947. The predicted molar refractivity (Wildman–Crippen MR) is 125 cm³/mol. The summed E-state index contributed by atoms with van der Waals surface area (Å²) < 4.78 is 6.51. The molecule has 6 heteroatoms.